The minimum atomic E-state index is -2.75. The first-order valence-corrected chi connectivity index (χ1v) is 6.49. The summed E-state index contributed by atoms with van der Waals surface area (Å²) in [6.45, 7) is 4.51. The van der Waals surface area contributed by atoms with Gasteiger partial charge < -0.3 is 9.31 Å². The smallest absolute Gasteiger partial charge is 0.398 e. The lowest BCUT2D eigenvalue weighted by molar-refractivity contribution is 0.00578. The summed E-state index contributed by atoms with van der Waals surface area (Å²) in [5, 5.41) is 3.69. The van der Waals surface area contributed by atoms with Crippen LogP contribution in [0, 0.1) is 6.85 Å². The molecule has 0 aliphatic carbocycles. The van der Waals surface area contributed by atoms with Crippen molar-refractivity contribution in [3.05, 3.63) is 36.2 Å². The average molecular weight is 293 g/mol. The van der Waals surface area contributed by atoms with Crippen LogP contribution in [0.5, 0.6) is 0 Å². The van der Waals surface area contributed by atoms with E-state index in [2.05, 4.69) is 10.1 Å². The van der Waals surface area contributed by atoms with Gasteiger partial charge in [-0.05, 0) is 52.2 Å². The van der Waals surface area contributed by atoms with Gasteiger partial charge in [0, 0.05) is 10.3 Å². The van der Waals surface area contributed by atoms with E-state index in [0.29, 0.717) is 4.68 Å². The molecule has 1 saturated heterocycles. The van der Waals surface area contributed by atoms with E-state index in [9.17, 15) is 0 Å². The fourth-order valence-electron chi connectivity index (χ4n) is 1.82. The Labute approximate surface area is 136 Å². The third kappa shape index (κ3) is 2.49. The Morgan fingerprint density at radius 3 is 2.52 bits per heavy atom. The van der Waals surface area contributed by atoms with Crippen molar-refractivity contribution in [1.82, 2.24) is 14.8 Å². The van der Waals surface area contributed by atoms with Crippen molar-refractivity contribution in [1.29, 1.82) is 0 Å². The zero-order valence-electron chi connectivity index (χ0n) is 20.2. The molecule has 0 radical (unpaired) electrons. The van der Waals surface area contributed by atoms with Crippen LogP contribution in [-0.4, -0.2) is 33.1 Å². The summed E-state index contributed by atoms with van der Waals surface area (Å²) in [7, 11) is -1.06. The summed E-state index contributed by atoms with van der Waals surface area (Å²) < 4.78 is 75.4. The predicted octanol–water partition coefficient (Wildman–Crippen LogP) is 1.87. The molecular weight excluding hydrogens is 265 g/mol. The molecule has 3 heterocycles. The van der Waals surface area contributed by atoms with Gasteiger partial charge in [0.2, 0.25) is 0 Å². The molecule has 110 valence electrons. The highest BCUT2D eigenvalue weighted by molar-refractivity contribution is 6.61. The minimum absolute atomic E-state index is 0.0665. The number of nitrogens with zero attached hydrogens (tertiary/aromatic N) is 3. The van der Waals surface area contributed by atoms with Gasteiger partial charge in [0.25, 0.3) is 0 Å². The van der Waals surface area contributed by atoms with Crippen LogP contribution >= 0.6 is 0 Å². The molecule has 0 bridgehead atoms. The van der Waals surface area contributed by atoms with Gasteiger partial charge in [0.1, 0.15) is 0 Å². The van der Waals surface area contributed by atoms with Gasteiger partial charge in [-0.25, -0.2) is 4.68 Å². The summed E-state index contributed by atoms with van der Waals surface area (Å²) in [6, 6.07) is -0.894. The van der Waals surface area contributed by atoms with Gasteiger partial charge in [-0.3, -0.25) is 4.98 Å². The SMILES string of the molecule is [2H]c1nc(B2OC(C)(C)C(C)(C)O2)c([2H])c([2H])c1-n1nc([2H])c(C([2H])([2H])[2H])c1[2H]. The van der Waals surface area contributed by atoms with Crippen LogP contribution in [0.3, 0.4) is 0 Å². The normalized spacial score (nSPS) is 26.0. The molecule has 1 aliphatic rings. The first-order valence-electron chi connectivity index (χ1n) is 10.5. The topological polar surface area (TPSA) is 49.2 Å². The van der Waals surface area contributed by atoms with Crippen molar-refractivity contribution >= 4 is 12.7 Å². The van der Waals surface area contributed by atoms with Gasteiger partial charge in [-0.15, -0.1) is 0 Å². The van der Waals surface area contributed by atoms with Crippen LogP contribution in [0.25, 0.3) is 5.69 Å². The maximum atomic E-state index is 8.31. The molecule has 21 heavy (non-hydrogen) atoms. The van der Waals surface area contributed by atoms with Gasteiger partial charge in [-0.1, -0.05) is 0 Å². The summed E-state index contributed by atoms with van der Waals surface area (Å²) >= 11 is 0. The molecule has 6 heteroatoms. The molecule has 0 spiro atoms. The summed E-state index contributed by atoms with van der Waals surface area (Å²) in [5.74, 6) is 0. The van der Waals surface area contributed by atoms with Crippen LogP contribution < -0.4 is 5.59 Å². The van der Waals surface area contributed by atoms with Crippen molar-refractivity contribution in [3.8, 4) is 5.69 Å². The number of rotatable bonds is 2. The Morgan fingerprint density at radius 1 is 1.19 bits per heavy atom. The maximum absolute atomic E-state index is 8.31. The first-order chi connectivity index (χ1) is 13.1. The highest BCUT2D eigenvalue weighted by Gasteiger charge is 2.52. The molecule has 5 nitrogen and oxygen atoms in total. The van der Waals surface area contributed by atoms with E-state index in [4.69, 9.17) is 20.3 Å². The van der Waals surface area contributed by atoms with Crippen molar-refractivity contribution in [2.45, 2.75) is 45.7 Å². The molecular formula is C15H20BN3O2. The van der Waals surface area contributed by atoms with Crippen molar-refractivity contribution in [3.63, 3.8) is 0 Å². The molecule has 1 fully saturated rings. The molecule has 2 aromatic rings. The lowest BCUT2D eigenvalue weighted by Crippen LogP contribution is -2.41. The van der Waals surface area contributed by atoms with E-state index in [1.165, 1.54) is 0 Å². The fraction of sp³-hybridized carbons (Fsp3) is 0.467. The third-order valence-electron chi connectivity index (χ3n) is 3.76. The first kappa shape index (κ1) is 7.56. The Bertz CT molecular complexity index is 973. The van der Waals surface area contributed by atoms with Gasteiger partial charge in [0.15, 0.2) is 0 Å². The number of aromatic nitrogens is 3. The van der Waals surface area contributed by atoms with Crippen LogP contribution in [-0.2, 0) is 9.31 Å². The standard InChI is InChI=1S/C15H20BN3O2/c1-11-8-18-19(10-11)12-6-7-13(17-9-12)16-20-14(2,3)15(4,5)21-16/h6-10H,1-5H3/i1D3,6D,7D,8D,9D,10D. The Morgan fingerprint density at radius 2 is 1.90 bits per heavy atom. The zero-order valence-corrected chi connectivity index (χ0v) is 12.2. The van der Waals surface area contributed by atoms with Crippen LogP contribution in [0.1, 0.15) is 44.2 Å². The molecule has 1 aliphatic heterocycles. The van der Waals surface area contributed by atoms with Crippen LogP contribution in [0.15, 0.2) is 30.6 Å². The van der Waals surface area contributed by atoms with E-state index < -0.39 is 61.3 Å². The van der Waals surface area contributed by atoms with Crippen molar-refractivity contribution in [2.75, 3.05) is 0 Å². The molecule has 3 rings (SSSR count). The number of hydrogen-bond donors (Lipinski definition) is 0. The van der Waals surface area contributed by atoms with E-state index in [1.807, 2.05) is 27.7 Å². The second-order valence-electron chi connectivity index (χ2n) is 5.81. The highest BCUT2D eigenvalue weighted by Crippen LogP contribution is 2.36. The molecule has 0 N–H and O–H groups in total. The van der Waals surface area contributed by atoms with E-state index in [-0.39, 0.29) is 11.3 Å². The molecule has 0 unspecified atom stereocenters. The second-order valence-corrected chi connectivity index (χ2v) is 5.81. The summed E-state index contributed by atoms with van der Waals surface area (Å²) in [4.78, 5) is 4.03. The van der Waals surface area contributed by atoms with E-state index in [1.54, 1.807) is 0 Å². The van der Waals surface area contributed by atoms with E-state index >= 15 is 0 Å². The Hall–Kier alpha value is -1.66. The second kappa shape index (κ2) is 4.68. The van der Waals surface area contributed by atoms with Gasteiger partial charge >= 0.3 is 7.12 Å². The summed E-state index contributed by atoms with van der Waals surface area (Å²) in [5.41, 5.74) is -2.44. The molecule has 0 atom stereocenters. The highest BCUT2D eigenvalue weighted by atomic mass is 16.7. The molecule has 0 saturated carbocycles. The van der Waals surface area contributed by atoms with Gasteiger partial charge in [0.05, 0.1) is 41.7 Å². The maximum Gasteiger partial charge on any atom is 0.514 e. The largest absolute Gasteiger partial charge is 0.514 e. The lowest BCUT2D eigenvalue weighted by Gasteiger charge is -2.32. The lowest BCUT2D eigenvalue weighted by atomic mass is 9.84. The fourth-order valence-corrected chi connectivity index (χ4v) is 1.82. The summed E-state index contributed by atoms with van der Waals surface area (Å²) in [6.07, 6.45) is -1.82. The quantitative estimate of drug-likeness (QED) is 0.793. The molecule has 0 aromatic carbocycles. The number of pyridine rings is 1. The monoisotopic (exact) mass is 293 g/mol. The minimum Gasteiger partial charge on any atom is -0.398 e. The Balaban J connectivity index is 2.14. The van der Waals surface area contributed by atoms with E-state index in [0.717, 1.165) is 0 Å². The number of hydrogen-bond acceptors (Lipinski definition) is 4. The van der Waals surface area contributed by atoms with Crippen molar-refractivity contribution < 1.29 is 20.3 Å². The molecule has 0 amide bonds. The van der Waals surface area contributed by atoms with Gasteiger partial charge in [-0.2, -0.15) is 5.10 Å². The average Bonchev–Trinajstić information content (AvgIpc) is 2.95. The molecule has 2 aromatic heterocycles. The van der Waals surface area contributed by atoms with Crippen LogP contribution in [0.2, 0.25) is 0 Å². The third-order valence-corrected chi connectivity index (χ3v) is 3.76. The van der Waals surface area contributed by atoms with Crippen molar-refractivity contribution in [2.24, 2.45) is 0 Å². The Kier molecular flexibility index (Phi) is 1.68. The zero-order chi connectivity index (χ0) is 22.1. The predicted molar refractivity (Wildman–Crippen MR) is 81.8 cm³/mol. The van der Waals surface area contributed by atoms with Crippen LogP contribution in [0.4, 0.5) is 0 Å².